The van der Waals surface area contributed by atoms with Crippen LogP contribution in [0.25, 0.3) is 10.8 Å². The first-order valence-corrected chi connectivity index (χ1v) is 12.1. The number of nitrogens with one attached hydrogen (secondary N) is 1. The maximum atomic E-state index is 13.2. The monoisotopic (exact) mass is 564 g/mol. The highest BCUT2D eigenvalue weighted by Crippen LogP contribution is 2.35. The molecular weight excluding hydrogens is 544 g/mol. The van der Waals surface area contributed by atoms with Gasteiger partial charge in [0.2, 0.25) is 5.91 Å². The predicted octanol–water partition coefficient (Wildman–Crippen LogP) is 6.86. The van der Waals surface area contributed by atoms with E-state index in [9.17, 15) is 9.90 Å². The van der Waals surface area contributed by atoms with Crippen molar-refractivity contribution in [2.24, 2.45) is 5.10 Å². The Hall–Kier alpha value is -2.96. The van der Waals surface area contributed by atoms with Gasteiger partial charge < -0.3 is 5.11 Å². The molecule has 4 nitrogen and oxygen atoms in total. The molecule has 1 unspecified atom stereocenters. The molecule has 4 aromatic rings. The van der Waals surface area contributed by atoms with Gasteiger partial charge in [0.25, 0.3) is 0 Å². The summed E-state index contributed by atoms with van der Waals surface area (Å²) in [7, 11) is 0. The average Bonchev–Trinajstić information content (AvgIpc) is 2.84. The lowest BCUT2D eigenvalue weighted by molar-refractivity contribution is -0.122. The van der Waals surface area contributed by atoms with Gasteiger partial charge in [-0.3, -0.25) is 4.79 Å². The fourth-order valence-electron chi connectivity index (χ4n) is 3.71. The van der Waals surface area contributed by atoms with E-state index in [1.165, 1.54) is 11.6 Å². The summed E-state index contributed by atoms with van der Waals surface area (Å²) in [4.78, 5) is 13.2. The molecule has 4 aromatic carbocycles. The highest BCUT2D eigenvalue weighted by molar-refractivity contribution is 9.11. The molecule has 6 heteroatoms. The fraction of sp³-hybridized carbons (Fsp3) is 0.111. The Morgan fingerprint density at radius 3 is 2.45 bits per heavy atom. The molecule has 166 valence electrons. The summed E-state index contributed by atoms with van der Waals surface area (Å²) in [6.45, 7) is 1.88. The van der Waals surface area contributed by atoms with E-state index in [1.807, 2.05) is 49.4 Å². The quantitative estimate of drug-likeness (QED) is 0.198. The van der Waals surface area contributed by atoms with Gasteiger partial charge in [0.15, 0.2) is 0 Å². The van der Waals surface area contributed by atoms with Gasteiger partial charge in [0, 0.05) is 10.0 Å². The van der Waals surface area contributed by atoms with Gasteiger partial charge in [0.05, 0.1) is 16.6 Å². The second-order valence-electron chi connectivity index (χ2n) is 7.82. The number of nitrogens with zero attached hydrogens (tertiary/aromatic N) is 1. The van der Waals surface area contributed by atoms with E-state index in [1.54, 1.807) is 6.07 Å². The standard InChI is InChI=1S/C27H22Br2N2O2/c1-17-24(28)15-22(26(32)25(17)29)16-30-31-27(33)23(20-8-3-2-4-9-20)14-18-11-12-19-7-5-6-10-21(19)13-18/h2-13,15-16,23,32H,14H2,1H3,(H,31,33)/b30-16+. The second kappa shape index (κ2) is 10.3. The zero-order chi connectivity index (χ0) is 23.4. The summed E-state index contributed by atoms with van der Waals surface area (Å²) >= 11 is 6.85. The van der Waals surface area contributed by atoms with E-state index in [-0.39, 0.29) is 11.7 Å². The van der Waals surface area contributed by atoms with E-state index in [0.29, 0.717) is 16.5 Å². The molecule has 4 rings (SSSR count). The van der Waals surface area contributed by atoms with Gasteiger partial charge in [-0.2, -0.15) is 5.10 Å². The first kappa shape index (κ1) is 23.2. The third kappa shape index (κ3) is 5.34. The van der Waals surface area contributed by atoms with Crippen molar-refractivity contribution < 1.29 is 9.90 Å². The number of hydrogen-bond acceptors (Lipinski definition) is 3. The van der Waals surface area contributed by atoms with E-state index in [4.69, 9.17) is 0 Å². The number of carbonyl (C=O) groups is 1. The minimum atomic E-state index is -0.408. The number of hydrogen-bond donors (Lipinski definition) is 2. The molecule has 0 heterocycles. The third-order valence-corrected chi connectivity index (χ3v) is 7.40. The molecule has 33 heavy (non-hydrogen) atoms. The third-order valence-electron chi connectivity index (χ3n) is 5.60. The Morgan fingerprint density at radius 1 is 1.00 bits per heavy atom. The molecule has 0 aliphatic carbocycles. The zero-order valence-electron chi connectivity index (χ0n) is 17.9. The highest BCUT2D eigenvalue weighted by Gasteiger charge is 2.21. The molecule has 0 aromatic heterocycles. The van der Waals surface area contributed by atoms with Gasteiger partial charge in [-0.25, -0.2) is 5.43 Å². The van der Waals surface area contributed by atoms with Gasteiger partial charge in [-0.15, -0.1) is 0 Å². The van der Waals surface area contributed by atoms with Crippen LogP contribution < -0.4 is 5.43 Å². The SMILES string of the molecule is Cc1c(Br)cc(/C=N/NC(=O)C(Cc2ccc3ccccc3c2)c2ccccc2)c(O)c1Br. The number of phenols is 1. The molecule has 0 saturated heterocycles. The number of amides is 1. The molecule has 0 aliphatic rings. The summed E-state index contributed by atoms with van der Waals surface area (Å²) in [6, 6.07) is 25.9. The van der Waals surface area contributed by atoms with Crippen molar-refractivity contribution >= 4 is 54.8 Å². The van der Waals surface area contributed by atoms with Crippen LogP contribution in [-0.2, 0) is 11.2 Å². The summed E-state index contributed by atoms with van der Waals surface area (Å²) < 4.78 is 1.42. The average molecular weight is 566 g/mol. The minimum absolute atomic E-state index is 0.0736. The van der Waals surface area contributed by atoms with Crippen LogP contribution >= 0.6 is 31.9 Å². The van der Waals surface area contributed by atoms with Crippen LogP contribution in [0.3, 0.4) is 0 Å². The lowest BCUT2D eigenvalue weighted by Gasteiger charge is -2.16. The van der Waals surface area contributed by atoms with Gasteiger partial charge in [0.1, 0.15) is 5.75 Å². The van der Waals surface area contributed by atoms with Crippen molar-refractivity contribution in [2.75, 3.05) is 0 Å². The van der Waals surface area contributed by atoms with Crippen molar-refractivity contribution in [3.63, 3.8) is 0 Å². The van der Waals surface area contributed by atoms with Crippen molar-refractivity contribution in [2.45, 2.75) is 19.3 Å². The van der Waals surface area contributed by atoms with Crippen LogP contribution in [0.5, 0.6) is 5.75 Å². The number of carbonyl (C=O) groups excluding carboxylic acids is 1. The molecular formula is C27H22Br2N2O2. The molecule has 0 saturated carbocycles. The Bertz CT molecular complexity index is 1340. The lowest BCUT2D eigenvalue weighted by Crippen LogP contribution is -2.27. The Morgan fingerprint density at radius 2 is 1.70 bits per heavy atom. The molecule has 2 N–H and O–H groups in total. The minimum Gasteiger partial charge on any atom is -0.506 e. The molecule has 1 atom stereocenters. The van der Waals surface area contributed by atoms with Gasteiger partial charge in [-0.1, -0.05) is 88.7 Å². The number of hydrazone groups is 1. The molecule has 0 bridgehead atoms. The van der Waals surface area contributed by atoms with Crippen molar-refractivity contribution in [1.29, 1.82) is 0 Å². The zero-order valence-corrected chi connectivity index (χ0v) is 21.1. The number of phenolic OH excluding ortho intramolecular Hbond substituents is 1. The van der Waals surface area contributed by atoms with Crippen LogP contribution in [0.2, 0.25) is 0 Å². The van der Waals surface area contributed by atoms with Crippen LogP contribution in [0.1, 0.15) is 28.2 Å². The molecule has 0 spiro atoms. The number of aromatic hydroxyl groups is 1. The van der Waals surface area contributed by atoms with Crippen LogP contribution in [-0.4, -0.2) is 17.2 Å². The summed E-state index contributed by atoms with van der Waals surface area (Å²) in [5.41, 5.74) is 6.02. The normalized spacial score (nSPS) is 12.2. The summed E-state index contributed by atoms with van der Waals surface area (Å²) in [5, 5.41) is 16.8. The van der Waals surface area contributed by atoms with Crippen molar-refractivity contribution in [1.82, 2.24) is 5.43 Å². The van der Waals surface area contributed by atoms with E-state index < -0.39 is 5.92 Å². The van der Waals surface area contributed by atoms with Crippen LogP contribution in [0.15, 0.2) is 92.9 Å². The van der Waals surface area contributed by atoms with E-state index in [2.05, 4.69) is 72.7 Å². The first-order chi connectivity index (χ1) is 15.9. The molecule has 1 amide bonds. The van der Waals surface area contributed by atoms with E-state index in [0.717, 1.165) is 26.5 Å². The van der Waals surface area contributed by atoms with Gasteiger partial charge in [-0.05, 0) is 62.8 Å². The lowest BCUT2D eigenvalue weighted by atomic mass is 9.90. The predicted molar refractivity (Wildman–Crippen MR) is 141 cm³/mol. The maximum absolute atomic E-state index is 13.2. The Balaban J connectivity index is 1.57. The number of rotatable bonds is 6. The van der Waals surface area contributed by atoms with Gasteiger partial charge >= 0.3 is 0 Å². The molecule has 0 aliphatic heterocycles. The second-order valence-corrected chi connectivity index (χ2v) is 9.47. The Kier molecular flexibility index (Phi) is 7.26. The topological polar surface area (TPSA) is 61.7 Å². The number of fused-ring (bicyclic) bond motifs is 1. The molecule has 0 fully saturated rings. The smallest absolute Gasteiger partial charge is 0.247 e. The fourth-order valence-corrected chi connectivity index (χ4v) is 4.87. The van der Waals surface area contributed by atoms with Crippen LogP contribution in [0, 0.1) is 6.92 Å². The summed E-state index contributed by atoms with van der Waals surface area (Å²) in [5.74, 6) is -0.547. The number of benzene rings is 4. The summed E-state index contributed by atoms with van der Waals surface area (Å²) in [6.07, 6.45) is 1.99. The number of halogens is 2. The van der Waals surface area contributed by atoms with Crippen molar-refractivity contribution in [3.8, 4) is 5.75 Å². The highest BCUT2D eigenvalue weighted by atomic mass is 79.9. The largest absolute Gasteiger partial charge is 0.506 e. The molecule has 0 radical (unpaired) electrons. The van der Waals surface area contributed by atoms with Crippen LogP contribution in [0.4, 0.5) is 0 Å². The first-order valence-electron chi connectivity index (χ1n) is 10.5. The Labute approximate surface area is 209 Å². The maximum Gasteiger partial charge on any atom is 0.247 e. The van der Waals surface area contributed by atoms with E-state index >= 15 is 0 Å². The van der Waals surface area contributed by atoms with Crippen molar-refractivity contribution in [3.05, 3.63) is 110 Å².